The van der Waals surface area contributed by atoms with Gasteiger partial charge in [-0.2, -0.15) is 0 Å². The second-order valence-electron chi connectivity index (χ2n) is 8.93. The van der Waals surface area contributed by atoms with Gasteiger partial charge >= 0.3 is 23.9 Å². The standard InChI is InChI=1S/C29H34O11/c1-5-34-28(33)24(22-14-10-7-11-15-22)40-27-26(37-19(3)31)25(36-16-21-12-8-6-9-13-21)23(17-35-18(2)30)39-29(27)38-20(4)32/h6-15,23-27,29H,5,16-17H2,1-4H3/t23-,24+,25+,26+,27-,29+/m1/s1. The van der Waals surface area contributed by atoms with Crippen LogP contribution in [0.2, 0.25) is 0 Å². The maximum atomic E-state index is 13.0. The van der Waals surface area contributed by atoms with Crippen molar-refractivity contribution in [3.63, 3.8) is 0 Å². The Morgan fingerprint density at radius 2 is 1.40 bits per heavy atom. The van der Waals surface area contributed by atoms with Crippen molar-refractivity contribution in [3.05, 3.63) is 71.8 Å². The molecule has 3 rings (SSSR count). The minimum absolute atomic E-state index is 0.0775. The van der Waals surface area contributed by atoms with Crippen LogP contribution in [0.4, 0.5) is 0 Å². The van der Waals surface area contributed by atoms with E-state index in [4.69, 9.17) is 33.2 Å². The van der Waals surface area contributed by atoms with Gasteiger partial charge in [0.1, 0.15) is 18.8 Å². The molecule has 40 heavy (non-hydrogen) atoms. The molecule has 1 fully saturated rings. The van der Waals surface area contributed by atoms with Crippen LogP contribution in [-0.4, -0.2) is 67.8 Å². The summed E-state index contributed by atoms with van der Waals surface area (Å²) in [5.41, 5.74) is 1.26. The van der Waals surface area contributed by atoms with Crippen LogP contribution >= 0.6 is 0 Å². The number of ether oxygens (including phenoxy) is 7. The Kier molecular flexibility index (Phi) is 11.6. The largest absolute Gasteiger partial charge is 0.464 e. The number of esters is 4. The second kappa shape index (κ2) is 15.1. The lowest BCUT2D eigenvalue weighted by Gasteiger charge is -2.45. The van der Waals surface area contributed by atoms with Gasteiger partial charge in [-0.05, 0) is 18.1 Å². The molecule has 216 valence electrons. The Hall–Kier alpha value is -3.80. The van der Waals surface area contributed by atoms with Crippen LogP contribution in [0.1, 0.15) is 44.9 Å². The molecule has 11 heteroatoms. The Morgan fingerprint density at radius 1 is 0.775 bits per heavy atom. The van der Waals surface area contributed by atoms with Crippen LogP contribution in [0.5, 0.6) is 0 Å². The molecule has 11 nitrogen and oxygen atoms in total. The van der Waals surface area contributed by atoms with Gasteiger partial charge in [0.05, 0.1) is 13.2 Å². The SMILES string of the molecule is CCOC(=O)[C@@H](O[C@H]1[C@@H](OC(C)=O)O[C@H](COC(C)=O)[C@H](OCc2ccccc2)[C@@H]1OC(C)=O)c1ccccc1. The molecule has 0 saturated carbocycles. The van der Waals surface area contributed by atoms with Gasteiger partial charge in [-0.25, -0.2) is 4.79 Å². The topological polar surface area (TPSA) is 133 Å². The zero-order valence-electron chi connectivity index (χ0n) is 22.8. The molecule has 0 spiro atoms. The third kappa shape index (κ3) is 8.87. The van der Waals surface area contributed by atoms with Crippen molar-refractivity contribution in [1.29, 1.82) is 0 Å². The van der Waals surface area contributed by atoms with Gasteiger partial charge < -0.3 is 33.2 Å². The third-order valence-electron chi connectivity index (χ3n) is 5.81. The summed E-state index contributed by atoms with van der Waals surface area (Å²) in [7, 11) is 0. The summed E-state index contributed by atoms with van der Waals surface area (Å²) < 4.78 is 40.0. The van der Waals surface area contributed by atoms with Crippen molar-refractivity contribution in [3.8, 4) is 0 Å². The molecule has 1 aliphatic rings. The highest BCUT2D eigenvalue weighted by atomic mass is 16.7. The number of hydrogen-bond acceptors (Lipinski definition) is 11. The molecular formula is C29H34O11. The maximum Gasteiger partial charge on any atom is 0.339 e. The summed E-state index contributed by atoms with van der Waals surface area (Å²) in [5, 5.41) is 0. The van der Waals surface area contributed by atoms with Crippen molar-refractivity contribution in [2.24, 2.45) is 0 Å². The first-order chi connectivity index (χ1) is 19.2. The summed E-state index contributed by atoms with van der Waals surface area (Å²) >= 11 is 0. The second-order valence-corrected chi connectivity index (χ2v) is 8.93. The van der Waals surface area contributed by atoms with E-state index in [0.717, 1.165) is 5.56 Å². The molecular weight excluding hydrogens is 524 g/mol. The van der Waals surface area contributed by atoms with Crippen LogP contribution in [0.3, 0.4) is 0 Å². The average Bonchev–Trinajstić information content (AvgIpc) is 2.91. The fourth-order valence-corrected chi connectivity index (χ4v) is 4.18. The number of carbonyl (C=O) groups is 4. The van der Waals surface area contributed by atoms with Crippen molar-refractivity contribution < 1.29 is 52.3 Å². The third-order valence-corrected chi connectivity index (χ3v) is 5.81. The summed E-state index contributed by atoms with van der Waals surface area (Å²) in [6, 6.07) is 17.7. The summed E-state index contributed by atoms with van der Waals surface area (Å²) in [4.78, 5) is 49.0. The zero-order chi connectivity index (χ0) is 29.1. The monoisotopic (exact) mass is 558 g/mol. The minimum atomic E-state index is -1.46. The summed E-state index contributed by atoms with van der Waals surface area (Å²) in [5.74, 6) is -2.69. The molecule has 1 aliphatic heterocycles. The quantitative estimate of drug-likeness (QED) is 0.281. The molecule has 1 heterocycles. The molecule has 0 bridgehead atoms. The number of rotatable bonds is 12. The molecule has 0 aliphatic carbocycles. The van der Waals surface area contributed by atoms with Crippen LogP contribution in [0.25, 0.3) is 0 Å². The fraction of sp³-hybridized carbons (Fsp3) is 0.448. The van der Waals surface area contributed by atoms with Gasteiger partial charge in [0.15, 0.2) is 18.3 Å². The Balaban J connectivity index is 2.04. The van der Waals surface area contributed by atoms with E-state index in [1.165, 1.54) is 20.8 Å². The van der Waals surface area contributed by atoms with E-state index < -0.39 is 60.7 Å². The van der Waals surface area contributed by atoms with Gasteiger partial charge in [-0.15, -0.1) is 0 Å². The molecule has 6 atom stereocenters. The molecule has 0 aromatic heterocycles. The molecule has 2 aromatic rings. The lowest BCUT2D eigenvalue weighted by Crippen LogP contribution is -2.62. The van der Waals surface area contributed by atoms with E-state index in [-0.39, 0.29) is 19.8 Å². The smallest absolute Gasteiger partial charge is 0.339 e. The normalized spacial score (nSPS) is 22.9. The van der Waals surface area contributed by atoms with E-state index in [0.29, 0.717) is 5.56 Å². The van der Waals surface area contributed by atoms with Gasteiger partial charge in [-0.3, -0.25) is 14.4 Å². The van der Waals surface area contributed by atoms with Crippen molar-refractivity contribution >= 4 is 23.9 Å². The predicted octanol–water partition coefficient (Wildman–Crippen LogP) is 3.04. The van der Waals surface area contributed by atoms with E-state index >= 15 is 0 Å². The molecule has 0 N–H and O–H groups in total. The first-order valence-electron chi connectivity index (χ1n) is 12.8. The average molecular weight is 559 g/mol. The summed E-state index contributed by atoms with van der Waals surface area (Å²) in [6.07, 6.45) is -7.42. The summed E-state index contributed by atoms with van der Waals surface area (Å²) in [6.45, 7) is 5.11. The Bertz CT molecular complexity index is 1120. The lowest BCUT2D eigenvalue weighted by atomic mass is 9.97. The zero-order valence-corrected chi connectivity index (χ0v) is 22.8. The first kappa shape index (κ1) is 30.7. The van der Waals surface area contributed by atoms with Gasteiger partial charge in [0.2, 0.25) is 6.29 Å². The highest BCUT2D eigenvalue weighted by Crippen LogP contribution is 2.34. The fourth-order valence-electron chi connectivity index (χ4n) is 4.18. The van der Waals surface area contributed by atoms with Crippen LogP contribution in [-0.2, 0) is 58.9 Å². The minimum Gasteiger partial charge on any atom is -0.464 e. The van der Waals surface area contributed by atoms with Gasteiger partial charge in [0.25, 0.3) is 0 Å². The van der Waals surface area contributed by atoms with E-state index in [1.807, 2.05) is 30.3 Å². The number of carbonyl (C=O) groups excluding carboxylic acids is 4. The first-order valence-corrected chi connectivity index (χ1v) is 12.8. The van der Waals surface area contributed by atoms with Crippen molar-refractivity contribution in [2.45, 2.75) is 71.1 Å². The maximum absolute atomic E-state index is 13.0. The van der Waals surface area contributed by atoms with Gasteiger partial charge in [-0.1, -0.05) is 60.7 Å². The molecule has 0 unspecified atom stereocenters. The van der Waals surface area contributed by atoms with Crippen LogP contribution in [0, 0.1) is 0 Å². The predicted molar refractivity (Wildman–Crippen MR) is 138 cm³/mol. The molecule has 2 aromatic carbocycles. The molecule has 0 amide bonds. The molecule has 0 radical (unpaired) electrons. The van der Waals surface area contributed by atoms with E-state index in [9.17, 15) is 19.2 Å². The highest BCUT2D eigenvalue weighted by Gasteiger charge is 2.53. The van der Waals surface area contributed by atoms with Crippen molar-refractivity contribution in [1.82, 2.24) is 0 Å². The highest BCUT2D eigenvalue weighted by molar-refractivity contribution is 5.76. The van der Waals surface area contributed by atoms with Crippen LogP contribution < -0.4 is 0 Å². The van der Waals surface area contributed by atoms with E-state index in [2.05, 4.69) is 0 Å². The van der Waals surface area contributed by atoms with E-state index in [1.54, 1.807) is 37.3 Å². The Labute approximate surface area is 232 Å². The number of benzene rings is 2. The van der Waals surface area contributed by atoms with Crippen molar-refractivity contribution in [2.75, 3.05) is 13.2 Å². The van der Waals surface area contributed by atoms with Crippen LogP contribution in [0.15, 0.2) is 60.7 Å². The Morgan fingerprint density at radius 3 is 1.98 bits per heavy atom. The van der Waals surface area contributed by atoms with Gasteiger partial charge in [0, 0.05) is 20.8 Å². The number of hydrogen-bond donors (Lipinski definition) is 0. The molecule has 1 saturated heterocycles. The lowest BCUT2D eigenvalue weighted by molar-refractivity contribution is -0.316.